The summed E-state index contributed by atoms with van der Waals surface area (Å²) in [6, 6.07) is 1.47. The van der Waals surface area contributed by atoms with E-state index in [0.717, 1.165) is 17.4 Å². The first-order valence-electron chi connectivity index (χ1n) is 8.99. The average molecular weight is 564 g/mol. The maximum atomic E-state index is 13.2. The fourth-order valence-corrected chi connectivity index (χ4v) is 8.30. The van der Waals surface area contributed by atoms with Gasteiger partial charge in [0.15, 0.2) is 21.3 Å². The van der Waals surface area contributed by atoms with E-state index >= 15 is 0 Å². The Labute approximate surface area is 195 Å². The largest absolute Gasteiger partial charge is 0.501 e. The molecule has 184 valence electrons. The topological polar surface area (TPSA) is 99.0 Å². The minimum Gasteiger partial charge on any atom is -0.311 e. The number of alkyl halides is 6. The van der Waals surface area contributed by atoms with Crippen molar-refractivity contribution in [2.24, 2.45) is 7.05 Å². The van der Waals surface area contributed by atoms with Crippen LogP contribution in [-0.4, -0.2) is 42.6 Å². The van der Waals surface area contributed by atoms with Gasteiger partial charge in [0, 0.05) is 17.9 Å². The molecule has 0 aliphatic heterocycles. The molecule has 0 fully saturated rings. The Bertz CT molecular complexity index is 1660. The Balaban J connectivity index is 2.00. The van der Waals surface area contributed by atoms with Gasteiger partial charge in [-0.2, -0.15) is 26.3 Å². The van der Waals surface area contributed by atoms with E-state index in [1.54, 1.807) is 0 Å². The van der Waals surface area contributed by atoms with Crippen molar-refractivity contribution in [3.05, 3.63) is 23.2 Å². The summed E-state index contributed by atoms with van der Waals surface area (Å²) in [5.74, 6) is -0.528. The van der Waals surface area contributed by atoms with Gasteiger partial charge in [-0.1, -0.05) is 6.92 Å². The molecule has 4 aromatic heterocycles. The smallest absolute Gasteiger partial charge is 0.311 e. The average Bonchev–Trinajstić information content (AvgIpc) is 3.37. The highest BCUT2D eigenvalue weighted by Crippen LogP contribution is 2.48. The van der Waals surface area contributed by atoms with Crippen LogP contribution in [0.1, 0.15) is 11.8 Å². The molecule has 17 heteroatoms. The van der Waals surface area contributed by atoms with E-state index in [2.05, 4.69) is 9.97 Å². The maximum Gasteiger partial charge on any atom is 0.501 e. The van der Waals surface area contributed by atoms with Crippen LogP contribution >= 0.6 is 22.7 Å². The normalized spacial score (nSPS) is 13.9. The second kappa shape index (κ2) is 7.63. The van der Waals surface area contributed by atoms with Gasteiger partial charge in [-0.3, -0.25) is 0 Å². The van der Waals surface area contributed by atoms with Crippen LogP contribution in [0.25, 0.3) is 31.3 Å². The van der Waals surface area contributed by atoms with Crippen LogP contribution in [0, 0.1) is 0 Å². The molecule has 0 spiro atoms. The lowest BCUT2D eigenvalue weighted by molar-refractivity contribution is -0.134. The second-order valence-electron chi connectivity index (χ2n) is 6.92. The zero-order chi connectivity index (χ0) is 25.4. The van der Waals surface area contributed by atoms with E-state index in [-0.39, 0.29) is 47.5 Å². The summed E-state index contributed by atoms with van der Waals surface area (Å²) in [6.45, 7) is 1.31. The third-order valence-electron chi connectivity index (χ3n) is 4.79. The number of pyridine rings is 1. The van der Waals surface area contributed by atoms with E-state index in [1.165, 1.54) is 18.5 Å². The first-order valence-corrected chi connectivity index (χ1v) is 13.8. The van der Waals surface area contributed by atoms with Crippen LogP contribution in [0.4, 0.5) is 26.3 Å². The highest BCUT2D eigenvalue weighted by Gasteiger charge is 2.47. The number of aromatic nitrogens is 3. The van der Waals surface area contributed by atoms with Gasteiger partial charge in [0.05, 0.1) is 20.2 Å². The lowest BCUT2D eigenvalue weighted by atomic mass is 10.4. The van der Waals surface area contributed by atoms with E-state index in [0.29, 0.717) is 12.3 Å². The molecule has 4 rings (SSSR count). The van der Waals surface area contributed by atoms with Gasteiger partial charge in [0.2, 0.25) is 0 Å². The van der Waals surface area contributed by atoms with Crippen molar-refractivity contribution >= 4 is 62.9 Å². The lowest BCUT2D eigenvalue weighted by Gasteiger charge is -2.07. The van der Waals surface area contributed by atoms with E-state index < -0.39 is 46.9 Å². The van der Waals surface area contributed by atoms with E-state index in [1.807, 2.05) is 0 Å². The fraction of sp³-hybridized carbons (Fsp3) is 0.294. The molecule has 0 saturated heterocycles. The molecular formula is C17H11F6N3O4S4. The minimum atomic E-state index is -5.71. The number of rotatable bonds is 4. The third-order valence-corrected chi connectivity index (χ3v) is 10.8. The Morgan fingerprint density at radius 3 is 2.24 bits per heavy atom. The van der Waals surface area contributed by atoms with Gasteiger partial charge in [-0.15, -0.1) is 22.7 Å². The second-order valence-corrected chi connectivity index (χ2v) is 13.2. The van der Waals surface area contributed by atoms with Crippen molar-refractivity contribution in [3.63, 3.8) is 0 Å². The van der Waals surface area contributed by atoms with Gasteiger partial charge in [-0.05, 0) is 12.1 Å². The van der Waals surface area contributed by atoms with E-state index in [9.17, 15) is 43.2 Å². The standard InChI is InChI=1S/C17H11F6N3O4S4/c1-3-33(27,28)13-11-9(5-10(32-11)16(18,19)20)31-12(13)15-25-8-4-7(6-24-14(8)26(15)2)34(29,30)17(21,22)23/h4-6H,3H2,1-2H3. The minimum absolute atomic E-state index is 0.0300. The molecule has 0 N–H and O–H groups in total. The summed E-state index contributed by atoms with van der Waals surface area (Å²) in [5, 5.41) is 0. The van der Waals surface area contributed by atoms with Crippen LogP contribution in [-0.2, 0) is 32.9 Å². The summed E-state index contributed by atoms with van der Waals surface area (Å²) in [5.41, 5.74) is -5.89. The zero-order valence-electron chi connectivity index (χ0n) is 16.8. The molecule has 0 radical (unpaired) electrons. The molecule has 0 aromatic carbocycles. The van der Waals surface area contributed by atoms with Crippen LogP contribution < -0.4 is 0 Å². The zero-order valence-corrected chi connectivity index (χ0v) is 20.1. The van der Waals surface area contributed by atoms with E-state index in [4.69, 9.17) is 0 Å². The Hall–Kier alpha value is -2.24. The summed E-state index contributed by atoms with van der Waals surface area (Å²) < 4.78 is 128. The van der Waals surface area contributed by atoms with Crippen molar-refractivity contribution in [1.29, 1.82) is 0 Å². The molecule has 7 nitrogen and oxygen atoms in total. The lowest BCUT2D eigenvalue weighted by Crippen LogP contribution is -2.23. The molecule has 0 unspecified atom stereocenters. The van der Waals surface area contributed by atoms with Crippen LogP contribution in [0.2, 0.25) is 0 Å². The summed E-state index contributed by atoms with van der Waals surface area (Å²) >= 11 is 0.981. The van der Waals surface area contributed by atoms with Crippen LogP contribution in [0.15, 0.2) is 28.1 Å². The van der Waals surface area contributed by atoms with Crippen molar-refractivity contribution in [3.8, 4) is 10.7 Å². The molecule has 34 heavy (non-hydrogen) atoms. The summed E-state index contributed by atoms with van der Waals surface area (Å²) in [6.07, 6.45) is -4.18. The Morgan fingerprint density at radius 2 is 1.68 bits per heavy atom. The summed E-state index contributed by atoms with van der Waals surface area (Å²) in [4.78, 5) is 5.28. The van der Waals surface area contributed by atoms with Gasteiger partial charge in [0.1, 0.15) is 15.3 Å². The number of aryl methyl sites for hydroxylation is 1. The van der Waals surface area contributed by atoms with Crippen LogP contribution in [0.3, 0.4) is 0 Å². The maximum absolute atomic E-state index is 13.2. The molecule has 0 bridgehead atoms. The predicted octanol–water partition coefficient (Wildman–Crippen LogP) is 5.02. The molecular weight excluding hydrogens is 552 g/mol. The fourth-order valence-electron chi connectivity index (χ4n) is 3.12. The predicted molar refractivity (Wildman–Crippen MR) is 113 cm³/mol. The molecule has 0 atom stereocenters. The number of fused-ring (bicyclic) bond motifs is 2. The van der Waals surface area contributed by atoms with Gasteiger partial charge < -0.3 is 4.57 Å². The number of thiophene rings is 2. The molecule has 0 saturated carbocycles. The molecule has 0 amide bonds. The van der Waals surface area contributed by atoms with Crippen molar-refractivity contribution in [1.82, 2.24) is 14.5 Å². The first kappa shape index (κ1) is 24.9. The van der Waals surface area contributed by atoms with Crippen molar-refractivity contribution in [2.75, 3.05) is 5.75 Å². The number of imidazole rings is 1. The monoisotopic (exact) mass is 563 g/mol. The van der Waals surface area contributed by atoms with Gasteiger partial charge in [-0.25, -0.2) is 26.8 Å². The number of halogens is 6. The van der Waals surface area contributed by atoms with Gasteiger partial charge in [0.25, 0.3) is 9.84 Å². The third kappa shape index (κ3) is 3.77. The first-order chi connectivity index (χ1) is 15.5. The molecule has 0 aliphatic carbocycles. The molecule has 4 heterocycles. The van der Waals surface area contributed by atoms with Gasteiger partial charge >= 0.3 is 11.7 Å². The van der Waals surface area contributed by atoms with Crippen LogP contribution in [0.5, 0.6) is 0 Å². The highest BCUT2D eigenvalue weighted by atomic mass is 32.2. The molecule has 4 aromatic rings. The quantitative estimate of drug-likeness (QED) is 0.324. The Kier molecular flexibility index (Phi) is 5.58. The number of sulfone groups is 2. The van der Waals surface area contributed by atoms with Crippen molar-refractivity contribution in [2.45, 2.75) is 28.4 Å². The highest BCUT2D eigenvalue weighted by molar-refractivity contribution is 7.92. The Morgan fingerprint density at radius 1 is 1.03 bits per heavy atom. The van der Waals surface area contributed by atoms with Crippen molar-refractivity contribution < 1.29 is 43.2 Å². The summed E-state index contributed by atoms with van der Waals surface area (Å²) in [7, 11) is -8.41. The SMILES string of the molecule is CCS(=O)(=O)c1c(-c2nc3cc(S(=O)(=O)C(F)(F)F)cnc3n2C)sc2cc(C(F)(F)F)sc12. The number of nitrogens with zero attached hydrogens (tertiary/aromatic N) is 3. The molecule has 0 aliphatic rings. The number of hydrogen-bond donors (Lipinski definition) is 0. The number of hydrogen-bond acceptors (Lipinski definition) is 8.